The van der Waals surface area contributed by atoms with Gasteiger partial charge in [-0.25, -0.2) is 28.3 Å². The van der Waals surface area contributed by atoms with Gasteiger partial charge in [0.05, 0.1) is 5.69 Å². The minimum absolute atomic E-state index is 0.0608. The van der Waals surface area contributed by atoms with E-state index in [1.165, 1.54) is 23.2 Å². The number of carbonyl (C=O) groups is 3. The fourth-order valence-corrected chi connectivity index (χ4v) is 7.08. The van der Waals surface area contributed by atoms with Gasteiger partial charge in [-0.05, 0) is 81.2 Å². The van der Waals surface area contributed by atoms with Crippen molar-refractivity contribution < 1.29 is 32.4 Å². The summed E-state index contributed by atoms with van der Waals surface area (Å²) in [6, 6.07) is 11.0. The lowest BCUT2D eigenvalue weighted by molar-refractivity contribution is -0.120. The van der Waals surface area contributed by atoms with Crippen LogP contribution in [0, 0.1) is 24.0 Å². The number of benzene rings is 2. The highest BCUT2D eigenvalue weighted by Gasteiger charge is 2.52. The molecule has 2 saturated heterocycles. The molecule has 0 radical (unpaired) electrons. The first-order valence-corrected chi connectivity index (χ1v) is 16.2. The summed E-state index contributed by atoms with van der Waals surface area (Å²) >= 11 is 0. The molecule has 254 valence electrons. The van der Waals surface area contributed by atoms with Crippen molar-refractivity contribution in [2.45, 2.75) is 65.0 Å². The molecule has 2 aromatic carbocycles. The number of nitrogens with zero attached hydrogens (tertiary/aromatic N) is 5. The monoisotopic (exact) mass is 670 g/mol. The molecule has 7 rings (SSSR count). The quantitative estimate of drug-likeness (QED) is 0.230. The summed E-state index contributed by atoms with van der Waals surface area (Å²) in [4.78, 5) is 48.2. The Morgan fingerprint density at radius 1 is 1.06 bits per heavy atom. The van der Waals surface area contributed by atoms with Crippen molar-refractivity contribution in [3.63, 3.8) is 0 Å². The average Bonchev–Trinajstić information content (AvgIpc) is 3.49. The molecule has 3 aliphatic rings. The second-order valence-electron chi connectivity index (χ2n) is 14.3. The van der Waals surface area contributed by atoms with Crippen molar-refractivity contribution in [2.75, 3.05) is 24.5 Å². The summed E-state index contributed by atoms with van der Waals surface area (Å²) in [6.45, 7) is 9.58. The van der Waals surface area contributed by atoms with E-state index in [0.29, 0.717) is 23.4 Å². The molecule has 49 heavy (non-hydrogen) atoms. The number of urea groups is 1. The highest BCUT2D eigenvalue weighted by atomic mass is 19.1. The lowest BCUT2D eigenvalue weighted by Crippen LogP contribution is -2.61. The molecule has 2 aliphatic heterocycles. The van der Waals surface area contributed by atoms with Crippen molar-refractivity contribution >= 4 is 23.6 Å². The molecular weight excluding hydrogens is 634 g/mol. The Labute approximate surface area is 281 Å². The minimum atomic E-state index is -0.684. The Balaban J connectivity index is 0.935. The molecule has 11 nitrogen and oxygen atoms in total. The third-order valence-electron chi connectivity index (χ3n) is 9.31. The van der Waals surface area contributed by atoms with E-state index in [2.05, 4.69) is 25.3 Å². The number of rotatable bonds is 7. The van der Waals surface area contributed by atoms with Crippen molar-refractivity contribution in [3.05, 3.63) is 82.9 Å². The molecule has 1 N–H and O–H groups in total. The molecular formula is C36H36F2N6O5. The van der Waals surface area contributed by atoms with E-state index in [1.54, 1.807) is 45.9 Å². The van der Waals surface area contributed by atoms with Crippen LogP contribution < -0.4 is 10.2 Å². The van der Waals surface area contributed by atoms with Crippen molar-refractivity contribution in [1.29, 1.82) is 0 Å². The number of nitrogens with one attached hydrogen (secondary N) is 1. The number of aromatic nitrogens is 3. The van der Waals surface area contributed by atoms with E-state index >= 15 is 4.39 Å². The van der Waals surface area contributed by atoms with Crippen molar-refractivity contribution in [1.82, 2.24) is 25.3 Å². The van der Waals surface area contributed by atoms with Crippen LogP contribution in [0.4, 0.5) is 19.3 Å². The zero-order valence-corrected chi connectivity index (χ0v) is 27.7. The normalized spacial score (nSPS) is 17.9. The number of imide groups is 1. The van der Waals surface area contributed by atoms with E-state index in [-0.39, 0.29) is 59.0 Å². The molecule has 0 unspecified atom stereocenters. The highest BCUT2D eigenvalue weighted by molar-refractivity contribution is 6.05. The lowest BCUT2D eigenvalue weighted by Gasteiger charge is -2.59. The number of ether oxygens (including phenoxy) is 1. The molecule has 3 fully saturated rings. The Kier molecular flexibility index (Phi) is 8.05. The van der Waals surface area contributed by atoms with Gasteiger partial charge in [0.15, 0.2) is 11.5 Å². The molecule has 0 bridgehead atoms. The zero-order chi connectivity index (χ0) is 34.7. The molecule has 0 atom stereocenters. The largest absolute Gasteiger partial charge is 0.454 e. The van der Waals surface area contributed by atoms with Crippen LogP contribution in [0.25, 0.3) is 22.6 Å². The first-order valence-electron chi connectivity index (χ1n) is 16.2. The molecule has 2 aromatic heterocycles. The molecule has 4 aromatic rings. The fourth-order valence-electron chi connectivity index (χ4n) is 7.08. The number of carbonyl (C=O) groups excluding carboxylic acids is 3. The Morgan fingerprint density at radius 3 is 2.51 bits per heavy atom. The van der Waals surface area contributed by atoms with Crippen LogP contribution in [0.1, 0.15) is 73.3 Å². The fraction of sp³-hybridized carbons (Fsp3) is 0.389. The SMILES string of the molecule is Cc1nc(-c2cc(C(=O)OC(C)(C)C)on2)ncc1-c1ccc(CN2CC3(CC(c4ccc(N5CCC(=O)NC5=O)c(F)c4)C3)C2)cc1F. The number of halogens is 2. The summed E-state index contributed by atoms with van der Waals surface area (Å²) in [7, 11) is 0. The number of hydrogen-bond acceptors (Lipinski definition) is 9. The second kappa shape index (κ2) is 12.1. The van der Waals surface area contributed by atoms with E-state index in [9.17, 15) is 18.8 Å². The van der Waals surface area contributed by atoms with E-state index < -0.39 is 23.4 Å². The second-order valence-corrected chi connectivity index (χ2v) is 14.3. The van der Waals surface area contributed by atoms with Gasteiger partial charge in [-0.1, -0.05) is 23.4 Å². The maximum Gasteiger partial charge on any atom is 0.377 e. The van der Waals surface area contributed by atoms with Crippen LogP contribution in [0.2, 0.25) is 0 Å². The smallest absolute Gasteiger partial charge is 0.377 e. The van der Waals surface area contributed by atoms with Gasteiger partial charge in [0, 0.05) is 61.7 Å². The number of hydrogen-bond donors (Lipinski definition) is 1. The molecule has 3 amide bonds. The van der Waals surface area contributed by atoms with Crippen molar-refractivity contribution in [2.24, 2.45) is 5.41 Å². The van der Waals surface area contributed by atoms with Gasteiger partial charge in [0.25, 0.3) is 0 Å². The van der Waals surface area contributed by atoms with E-state index in [4.69, 9.17) is 9.26 Å². The molecule has 4 heterocycles. The van der Waals surface area contributed by atoms with E-state index in [1.807, 2.05) is 12.1 Å². The van der Waals surface area contributed by atoms with Crippen LogP contribution in [0.3, 0.4) is 0 Å². The predicted molar refractivity (Wildman–Crippen MR) is 174 cm³/mol. The lowest BCUT2D eigenvalue weighted by atomic mass is 9.56. The van der Waals surface area contributed by atoms with Crippen LogP contribution >= 0.6 is 0 Å². The summed E-state index contributed by atoms with van der Waals surface area (Å²) in [5.41, 5.74) is 3.20. The van der Waals surface area contributed by atoms with Gasteiger partial charge in [-0.2, -0.15) is 0 Å². The van der Waals surface area contributed by atoms with Gasteiger partial charge >= 0.3 is 12.0 Å². The Bertz CT molecular complexity index is 1970. The summed E-state index contributed by atoms with van der Waals surface area (Å²) in [5.74, 6) is -1.41. The maximum atomic E-state index is 15.4. The maximum absolute atomic E-state index is 15.4. The van der Waals surface area contributed by atoms with Gasteiger partial charge < -0.3 is 9.26 Å². The third kappa shape index (κ3) is 6.54. The van der Waals surface area contributed by atoms with Gasteiger partial charge in [0.1, 0.15) is 17.2 Å². The number of aryl methyl sites for hydroxylation is 1. The standard InChI is InChI=1S/C36H36F2N6O5/c1-20-25(16-39-32(40-20)28-13-30(49-42-28)33(46)48-35(2,3)4)24-7-5-21(11-26(24)37)17-43-18-36(19-43)14-23(15-36)22-6-8-29(27(38)12-22)44-10-9-31(45)41-34(44)47/h5-8,11-13,16,23H,9-10,14-15,17-19H2,1-4H3,(H,41,45,47). The number of amides is 3. The highest BCUT2D eigenvalue weighted by Crippen LogP contribution is 2.56. The summed E-state index contributed by atoms with van der Waals surface area (Å²) in [6.07, 6.45) is 3.57. The molecule has 1 aliphatic carbocycles. The van der Waals surface area contributed by atoms with Crippen LogP contribution in [0.5, 0.6) is 0 Å². The Hall–Kier alpha value is -5.04. The van der Waals surface area contributed by atoms with Gasteiger partial charge in [0.2, 0.25) is 11.7 Å². The summed E-state index contributed by atoms with van der Waals surface area (Å²) < 4.78 is 40.8. The van der Waals surface area contributed by atoms with Gasteiger partial charge in [-0.3, -0.25) is 19.9 Å². The van der Waals surface area contributed by atoms with E-state index in [0.717, 1.165) is 37.1 Å². The minimum Gasteiger partial charge on any atom is -0.454 e. The average molecular weight is 671 g/mol. The Morgan fingerprint density at radius 2 is 1.84 bits per heavy atom. The predicted octanol–water partition coefficient (Wildman–Crippen LogP) is 6.17. The zero-order valence-electron chi connectivity index (χ0n) is 27.7. The van der Waals surface area contributed by atoms with Crippen LogP contribution in [0.15, 0.2) is 53.2 Å². The van der Waals surface area contributed by atoms with Crippen molar-refractivity contribution in [3.8, 4) is 22.6 Å². The van der Waals surface area contributed by atoms with Crippen LogP contribution in [-0.2, 0) is 16.1 Å². The number of likely N-dealkylation sites (tertiary alicyclic amines) is 1. The summed E-state index contributed by atoms with van der Waals surface area (Å²) in [5, 5.41) is 6.13. The third-order valence-corrected chi connectivity index (χ3v) is 9.31. The molecule has 1 saturated carbocycles. The van der Waals surface area contributed by atoms with Gasteiger partial charge in [-0.15, -0.1) is 0 Å². The first kappa shape index (κ1) is 32.5. The number of anilines is 1. The molecule has 13 heteroatoms. The topological polar surface area (TPSA) is 131 Å². The first-order chi connectivity index (χ1) is 23.3. The number of esters is 1. The molecule has 1 spiro atoms. The van der Waals surface area contributed by atoms with Crippen LogP contribution in [-0.4, -0.2) is 63.2 Å².